The van der Waals surface area contributed by atoms with Crippen molar-refractivity contribution >= 4 is 12.0 Å². The Bertz CT molecular complexity index is 581. The van der Waals surface area contributed by atoms with Gasteiger partial charge in [0.15, 0.2) is 5.82 Å². The molecule has 0 aliphatic rings. The maximum Gasteiger partial charge on any atom is 0.373 e. The van der Waals surface area contributed by atoms with Gasteiger partial charge in [-0.15, -0.1) is 5.10 Å². The van der Waals surface area contributed by atoms with Crippen LogP contribution in [0.5, 0.6) is 0 Å². The lowest BCUT2D eigenvalue weighted by Gasteiger charge is -2.04. The Kier molecular flexibility index (Phi) is 4.66. The van der Waals surface area contributed by atoms with Crippen molar-refractivity contribution in [3.05, 3.63) is 41.8 Å². The Morgan fingerprint density at radius 1 is 1.22 bits per heavy atom. The van der Waals surface area contributed by atoms with E-state index in [2.05, 4.69) is 10.2 Å². The highest BCUT2D eigenvalue weighted by molar-refractivity contribution is 5.73. The number of carbonyl (C=O) groups excluding carboxylic acids is 2. The Morgan fingerprint density at radius 2 is 1.89 bits per heavy atom. The molecule has 0 atom stereocenters. The standard InChI is InChI=1S/C11H10FN3.CO2/c1-7-5-10(11(13)15-14-7)8-3-2-4-9(12)6-8;2-1-3/h2-6H,1H3,(H2,13,15);. The summed E-state index contributed by atoms with van der Waals surface area (Å²) in [7, 11) is 0. The number of aryl methyl sites for hydroxylation is 1. The molecule has 1 aromatic heterocycles. The zero-order valence-corrected chi connectivity index (χ0v) is 9.55. The molecule has 0 radical (unpaired) electrons. The molecule has 0 bridgehead atoms. The molecule has 6 heteroatoms. The molecule has 2 N–H and O–H groups in total. The summed E-state index contributed by atoms with van der Waals surface area (Å²) in [5, 5.41) is 7.61. The first-order chi connectivity index (χ1) is 8.58. The second-order valence-corrected chi connectivity index (χ2v) is 3.38. The highest BCUT2D eigenvalue weighted by Crippen LogP contribution is 2.24. The Hall–Kier alpha value is -2.59. The number of hydrogen-bond acceptors (Lipinski definition) is 5. The molecule has 0 saturated heterocycles. The third kappa shape index (κ3) is 3.47. The number of nitrogens with two attached hydrogens (primary N) is 1. The van der Waals surface area contributed by atoms with E-state index >= 15 is 0 Å². The molecule has 5 nitrogen and oxygen atoms in total. The van der Waals surface area contributed by atoms with E-state index in [1.165, 1.54) is 12.1 Å². The van der Waals surface area contributed by atoms with Gasteiger partial charge in [0.2, 0.25) is 0 Å². The lowest BCUT2D eigenvalue weighted by atomic mass is 10.1. The molecule has 0 unspecified atom stereocenters. The summed E-state index contributed by atoms with van der Waals surface area (Å²) in [6.07, 6.45) is 0.250. The molecule has 2 rings (SSSR count). The molecule has 0 aliphatic carbocycles. The van der Waals surface area contributed by atoms with Gasteiger partial charge in [-0.2, -0.15) is 14.7 Å². The first kappa shape index (κ1) is 13.5. The number of halogens is 1. The molecule has 0 spiro atoms. The number of aromatic nitrogens is 2. The maximum atomic E-state index is 13.0. The zero-order chi connectivity index (χ0) is 13.5. The van der Waals surface area contributed by atoms with E-state index in [4.69, 9.17) is 15.3 Å². The van der Waals surface area contributed by atoms with E-state index in [-0.39, 0.29) is 12.0 Å². The molecule has 0 saturated carbocycles. The lowest BCUT2D eigenvalue weighted by Crippen LogP contribution is -1.98. The van der Waals surface area contributed by atoms with Crippen LogP contribution >= 0.6 is 0 Å². The van der Waals surface area contributed by atoms with Crippen LogP contribution < -0.4 is 5.73 Å². The lowest BCUT2D eigenvalue weighted by molar-refractivity contribution is -0.191. The van der Waals surface area contributed by atoms with Gasteiger partial charge in [0.05, 0.1) is 5.69 Å². The summed E-state index contributed by atoms with van der Waals surface area (Å²) in [6, 6.07) is 8.03. The fourth-order valence-electron chi connectivity index (χ4n) is 1.39. The van der Waals surface area contributed by atoms with Gasteiger partial charge in [0, 0.05) is 5.56 Å². The SMILES string of the molecule is Cc1cc(-c2cccc(F)c2)c(N)nn1.O=C=O. The van der Waals surface area contributed by atoms with Gasteiger partial charge in [-0.3, -0.25) is 0 Å². The number of anilines is 1. The van der Waals surface area contributed by atoms with Crippen molar-refractivity contribution in [3.63, 3.8) is 0 Å². The number of nitrogen functional groups attached to an aromatic ring is 1. The maximum absolute atomic E-state index is 13.0. The van der Waals surface area contributed by atoms with E-state index in [1.807, 2.05) is 6.92 Å². The summed E-state index contributed by atoms with van der Waals surface area (Å²) in [5.74, 6) is 0.0209. The van der Waals surface area contributed by atoms with Crippen LogP contribution in [0.25, 0.3) is 11.1 Å². The average molecular weight is 247 g/mol. The summed E-state index contributed by atoms with van der Waals surface area (Å²) < 4.78 is 13.0. The van der Waals surface area contributed by atoms with Crippen LogP contribution in [0.4, 0.5) is 10.2 Å². The fraction of sp³-hybridized carbons (Fsp3) is 0.0833. The van der Waals surface area contributed by atoms with Crippen molar-refractivity contribution in [1.82, 2.24) is 10.2 Å². The normalized spacial score (nSPS) is 9.00. The van der Waals surface area contributed by atoms with Gasteiger partial charge in [0.25, 0.3) is 0 Å². The fourth-order valence-corrected chi connectivity index (χ4v) is 1.39. The van der Waals surface area contributed by atoms with Crippen molar-refractivity contribution in [2.45, 2.75) is 6.92 Å². The molecule has 0 aliphatic heterocycles. The minimum absolute atomic E-state index is 0.250. The van der Waals surface area contributed by atoms with Crippen molar-refractivity contribution in [2.24, 2.45) is 0 Å². The van der Waals surface area contributed by atoms with Gasteiger partial charge >= 0.3 is 6.15 Å². The van der Waals surface area contributed by atoms with Crippen LogP contribution in [0.15, 0.2) is 30.3 Å². The third-order valence-electron chi connectivity index (χ3n) is 2.08. The zero-order valence-electron chi connectivity index (χ0n) is 9.55. The van der Waals surface area contributed by atoms with Crippen LogP contribution in [-0.2, 0) is 9.59 Å². The quantitative estimate of drug-likeness (QED) is 0.826. The molecular formula is C12H10FN3O2. The molecule has 92 valence electrons. The smallest absolute Gasteiger partial charge is 0.373 e. The van der Waals surface area contributed by atoms with Gasteiger partial charge < -0.3 is 5.73 Å². The van der Waals surface area contributed by atoms with Crippen molar-refractivity contribution < 1.29 is 14.0 Å². The topological polar surface area (TPSA) is 85.9 Å². The third-order valence-corrected chi connectivity index (χ3v) is 2.08. The van der Waals surface area contributed by atoms with Gasteiger partial charge in [-0.1, -0.05) is 12.1 Å². The van der Waals surface area contributed by atoms with Gasteiger partial charge in [-0.05, 0) is 30.7 Å². The Balaban J connectivity index is 0.000000492. The first-order valence-corrected chi connectivity index (χ1v) is 4.93. The summed E-state index contributed by atoms with van der Waals surface area (Å²) in [6.45, 7) is 1.81. The van der Waals surface area contributed by atoms with E-state index in [0.717, 1.165) is 5.69 Å². The number of nitrogens with zero attached hydrogens (tertiary/aromatic N) is 2. The predicted octanol–water partition coefficient (Wildman–Crippen LogP) is 1.59. The summed E-state index contributed by atoms with van der Waals surface area (Å²) in [4.78, 5) is 16.2. The van der Waals surface area contributed by atoms with Crippen LogP contribution in [0.1, 0.15) is 5.69 Å². The molecule has 0 amide bonds. The largest absolute Gasteiger partial charge is 0.382 e. The van der Waals surface area contributed by atoms with Crippen LogP contribution in [-0.4, -0.2) is 16.3 Å². The minimum atomic E-state index is -0.290. The molecule has 18 heavy (non-hydrogen) atoms. The van der Waals surface area contributed by atoms with Gasteiger partial charge in [-0.25, -0.2) is 4.39 Å². The second kappa shape index (κ2) is 6.22. The van der Waals surface area contributed by atoms with Gasteiger partial charge in [0.1, 0.15) is 5.82 Å². The van der Waals surface area contributed by atoms with E-state index in [9.17, 15) is 4.39 Å². The Morgan fingerprint density at radius 3 is 2.50 bits per heavy atom. The van der Waals surface area contributed by atoms with E-state index in [0.29, 0.717) is 16.9 Å². The van der Waals surface area contributed by atoms with Crippen molar-refractivity contribution in [2.75, 3.05) is 5.73 Å². The highest BCUT2D eigenvalue weighted by Gasteiger charge is 2.05. The molecular weight excluding hydrogens is 237 g/mol. The highest BCUT2D eigenvalue weighted by atomic mass is 19.1. The summed E-state index contributed by atoms with van der Waals surface area (Å²) >= 11 is 0. The number of hydrogen-bond donors (Lipinski definition) is 1. The average Bonchev–Trinajstić information content (AvgIpc) is 2.33. The number of benzene rings is 1. The molecule has 1 heterocycles. The monoisotopic (exact) mass is 247 g/mol. The van der Waals surface area contributed by atoms with Crippen molar-refractivity contribution in [3.8, 4) is 11.1 Å². The van der Waals surface area contributed by atoms with Crippen LogP contribution in [0.2, 0.25) is 0 Å². The predicted molar refractivity (Wildman–Crippen MR) is 61.6 cm³/mol. The second-order valence-electron chi connectivity index (χ2n) is 3.38. The molecule has 2 aromatic rings. The van der Waals surface area contributed by atoms with E-state index in [1.54, 1.807) is 18.2 Å². The number of rotatable bonds is 1. The Labute approximate surface area is 102 Å². The molecule has 1 aromatic carbocycles. The minimum Gasteiger partial charge on any atom is -0.382 e. The summed E-state index contributed by atoms with van der Waals surface area (Å²) in [5.41, 5.74) is 7.85. The van der Waals surface area contributed by atoms with Crippen LogP contribution in [0.3, 0.4) is 0 Å². The van der Waals surface area contributed by atoms with Crippen molar-refractivity contribution in [1.29, 1.82) is 0 Å². The first-order valence-electron chi connectivity index (χ1n) is 4.93. The van der Waals surface area contributed by atoms with E-state index < -0.39 is 0 Å². The van der Waals surface area contributed by atoms with Crippen LogP contribution in [0, 0.1) is 12.7 Å². The molecule has 0 fully saturated rings.